The third-order valence-corrected chi connectivity index (χ3v) is 6.08. The molecule has 0 aromatic heterocycles. The third-order valence-electron chi connectivity index (χ3n) is 6.08. The Bertz CT molecular complexity index is 1010. The van der Waals surface area contributed by atoms with Crippen LogP contribution < -0.4 is 0 Å². The first-order chi connectivity index (χ1) is 15.3. The number of halogens is 6. The highest BCUT2D eigenvalue weighted by Gasteiger charge is 2.38. The number of carbonyl (C=O) groups is 1. The zero-order valence-corrected chi connectivity index (χ0v) is 18.5. The third kappa shape index (κ3) is 5.62. The number of hydrogen-bond acceptors (Lipinski definition) is 2. The first-order valence-electron chi connectivity index (χ1n) is 10.6. The Hall–Kier alpha value is -2.71. The molecular weight excluding hydrogens is 448 g/mol. The molecule has 1 aliphatic carbocycles. The monoisotopic (exact) mass is 473 g/mol. The summed E-state index contributed by atoms with van der Waals surface area (Å²) in [5.41, 5.74) is -0.0544. The van der Waals surface area contributed by atoms with Crippen molar-refractivity contribution in [3.05, 3.63) is 69.8 Å². The first kappa shape index (κ1) is 24.9. The van der Waals surface area contributed by atoms with Crippen molar-refractivity contribution in [2.24, 2.45) is 5.92 Å². The van der Waals surface area contributed by atoms with Crippen LogP contribution in [0.3, 0.4) is 0 Å². The summed E-state index contributed by atoms with van der Waals surface area (Å²) in [6.07, 6.45) is -8.24. The molecule has 0 N–H and O–H groups in total. The maximum atomic E-state index is 13.4. The molecule has 0 aliphatic heterocycles. The summed E-state index contributed by atoms with van der Waals surface area (Å²) in [6, 6.07) is 6.21. The predicted molar refractivity (Wildman–Crippen MR) is 110 cm³/mol. The summed E-state index contributed by atoms with van der Waals surface area (Å²) < 4.78 is 85.0. The van der Waals surface area contributed by atoms with E-state index in [4.69, 9.17) is 4.74 Å². The number of amides is 1. The average molecular weight is 473 g/mol. The minimum Gasteiger partial charge on any atom is -0.453 e. The van der Waals surface area contributed by atoms with Gasteiger partial charge in [-0.1, -0.05) is 31.0 Å². The van der Waals surface area contributed by atoms with Crippen LogP contribution in [0.25, 0.3) is 0 Å². The first-order valence-corrected chi connectivity index (χ1v) is 10.6. The lowest BCUT2D eigenvalue weighted by atomic mass is 9.78. The van der Waals surface area contributed by atoms with Gasteiger partial charge in [-0.3, -0.25) is 4.90 Å². The van der Waals surface area contributed by atoms with Gasteiger partial charge < -0.3 is 4.74 Å². The van der Waals surface area contributed by atoms with Crippen molar-refractivity contribution in [2.45, 2.75) is 58.0 Å². The second kappa shape index (κ2) is 9.27. The molecule has 0 saturated heterocycles. The van der Waals surface area contributed by atoms with Crippen LogP contribution in [0.1, 0.15) is 59.2 Å². The second-order valence-corrected chi connectivity index (χ2v) is 8.44. The van der Waals surface area contributed by atoms with E-state index in [1.807, 2.05) is 6.92 Å². The van der Waals surface area contributed by atoms with Crippen LogP contribution in [0.4, 0.5) is 31.1 Å². The van der Waals surface area contributed by atoms with Crippen LogP contribution in [-0.2, 0) is 30.1 Å². The van der Waals surface area contributed by atoms with Crippen LogP contribution in [0.2, 0.25) is 0 Å². The van der Waals surface area contributed by atoms with Gasteiger partial charge in [-0.25, -0.2) is 4.79 Å². The quantitative estimate of drug-likeness (QED) is 0.436. The van der Waals surface area contributed by atoms with Crippen LogP contribution >= 0.6 is 0 Å². The molecule has 1 aliphatic rings. The number of alkyl halides is 6. The molecule has 2 aromatic carbocycles. The van der Waals surface area contributed by atoms with Crippen molar-refractivity contribution in [3.63, 3.8) is 0 Å². The van der Waals surface area contributed by atoms with Crippen LogP contribution in [0.5, 0.6) is 0 Å². The van der Waals surface area contributed by atoms with E-state index in [-0.39, 0.29) is 18.0 Å². The molecule has 2 aromatic rings. The second-order valence-electron chi connectivity index (χ2n) is 8.44. The minimum absolute atomic E-state index is 0.106. The number of rotatable bonds is 4. The number of aryl methyl sites for hydroxylation is 1. The molecule has 2 atom stereocenters. The fraction of sp³-hybridized carbons (Fsp3) is 0.458. The van der Waals surface area contributed by atoms with Crippen molar-refractivity contribution in [1.82, 2.24) is 4.90 Å². The molecule has 33 heavy (non-hydrogen) atoms. The number of benzene rings is 2. The molecule has 3 nitrogen and oxygen atoms in total. The molecule has 0 unspecified atom stereocenters. The Morgan fingerprint density at radius 1 is 1.03 bits per heavy atom. The van der Waals surface area contributed by atoms with Gasteiger partial charge in [-0.05, 0) is 66.6 Å². The standard InChI is InChI=1S/C24H25F6NO2/c1-4-15-9-17-5-6-18(23(25,26)27)12-20(17)21(11-15)31(22(32)33-3)13-16-7-14(2)8-19(10-16)24(28,29)30/h5-8,10,12,15,21H,4,9,11,13H2,1-3H3/t15-,21-/m0/s1. The molecule has 0 spiro atoms. The largest absolute Gasteiger partial charge is 0.453 e. The maximum absolute atomic E-state index is 13.4. The van der Waals surface area contributed by atoms with E-state index >= 15 is 0 Å². The summed E-state index contributed by atoms with van der Waals surface area (Å²) in [5, 5.41) is 0. The van der Waals surface area contributed by atoms with E-state index in [1.54, 1.807) is 0 Å². The van der Waals surface area contributed by atoms with E-state index in [0.717, 1.165) is 37.8 Å². The summed E-state index contributed by atoms with van der Waals surface area (Å²) in [5.74, 6) is 0.106. The number of nitrogens with zero attached hydrogens (tertiary/aromatic N) is 1. The molecule has 0 saturated carbocycles. The van der Waals surface area contributed by atoms with Gasteiger partial charge in [0.1, 0.15) is 0 Å². The Morgan fingerprint density at radius 3 is 2.27 bits per heavy atom. The smallest absolute Gasteiger partial charge is 0.416 e. The summed E-state index contributed by atoms with van der Waals surface area (Å²) >= 11 is 0. The lowest BCUT2D eigenvalue weighted by Crippen LogP contribution is -2.38. The van der Waals surface area contributed by atoms with Crippen LogP contribution in [0.15, 0.2) is 36.4 Å². The number of fused-ring (bicyclic) bond motifs is 1. The zero-order valence-electron chi connectivity index (χ0n) is 18.5. The van der Waals surface area contributed by atoms with Gasteiger partial charge in [0.15, 0.2) is 0 Å². The lowest BCUT2D eigenvalue weighted by molar-refractivity contribution is -0.138. The number of ether oxygens (including phenoxy) is 1. The van der Waals surface area contributed by atoms with Gasteiger partial charge >= 0.3 is 18.4 Å². The van der Waals surface area contributed by atoms with Gasteiger partial charge in [0.2, 0.25) is 0 Å². The van der Waals surface area contributed by atoms with Crippen LogP contribution in [-0.4, -0.2) is 18.1 Å². The number of carbonyl (C=O) groups excluding carboxylic acids is 1. The summed E-state index contributed by atoms with van der Waals surface area (Å²) in [7, 11) is 1.14. The summed E-state index contributed by atoms with van der Waals surface area (Å²) in [6.45, 7) is 3.24. The minimum atomic E-state index is -4.57. The normalized spacial score (nSPS) is 18.6. The Kier molecular flexibility index (Phi) is 7.00. The van der Waals surface area contributed by atoms with Crippen molar-refractivity contribution in [3.8, 4) is 0 Å². The van der Waals surface area contributed by atoms with Crippen molar-refractivity contribution < 1.29 is 35.9 Å². The maximum Gasteiger partial charge on any atom is 0.416 e. The molecule has 0 bridgehead atoms. The van der Waals surface area contributed by atoms with Gasteiger partial charge in [-0.15, -0.1) is 0 Å². The molecule has 0 fully saturated rings. The molecule has 3 rings (SSSR count). The molecule has 0 radical (unpaired) electrons. The Balaban J connectivity index is 2.08. The highest BCUT2D eigenvalue weighted by Crippen LogP contribution is 2.42. The fourth-order valence-electron chi connectivity index (χ4n) is 4.44. The van der Waals surface area contributed by atoms with Gasteiger partial charge in [0.25, 0.3) is 0 Å². The Morgan fingerprint density at radius 2 is 1.70 bits per heavy atom. The van der Waals surface area contributed by atoms with Crippen molar-refractivity contribution >= 4 is 6.09 Å². The fourth-order valence-corrected chi connectivity index (χ4v) is 4.44. The molecule has 1 amide bonds. The number of methoxy groups -OCH3 is 1. The number of hydrogen-bond donors (Lipinski definition) is 0. The molecule has 0 heterocycles. The Labute approximate surface area is 188 Å². The van der Waals surface area contributed by atoms with E-state index in [2.05, 4.69) is 0 Å². The van der Waals surface area contributed by atoms with Gasteiger partial charge in [-0.2, -0.15) is 26.3 Å². The van der Waals surface area contributed by atoms with Crippen LogP contribution in [0, 0.1) is 12.8 Å². The van der Waals surface area contributed by atoms with Crippen molar-refractivity contribution in [2.75, 3.05) is 7.11 Å². The average Bonchev–Trinajstić information content (AvgIpc) is 2.74. The lowest BCUT2D eigenvalue weighted by Gasteiger charge is -2.38. The highest BCUT2D eigenvalue weighted by atomic mass is 19.4. The predicted octanol–water partition coefficient (Wildman–Crippen LogP) is 7.31. The van der Waals surface area contributed by atoms with E-state index in [0.29, 0.717) is 29.5 Å². The van der Waals surface area contributed by atoms with Gasteiger partial charge in [0, 0.05) is 6.54 Å². The molecule has 9 heteroatoms. The topological polar surface area (TPSA) is 29.5 Å². The summed E-state index contributed by atoms with van der Waals surface area (Å²) in [4.78, 5) is 14.0. The van der Waals surface area contributed by atoms with E-state index in [9.17, 15) is 31.1 Å². The SMILES string of the molecule is CC[C@H]1Cc2ccc(C(F)(F)F)cc2[C@@H](N(Cc2cc(C)cc(C(F)(F)F)c2)C(=O)OC)C1. The van der Waals surface area contributed by atoms with Crippen molar-refractivity contribution in [1.29, 1.82) is 0 Å². The van der Waals surface area contributed by atoms with E-state index in [1.165, 1.54) is 24.0 Å². The van der Waals surface area contributed by atoms with E-state index < -0.39 is 35.6 Å². The zero-order chi connectivity index (χ0) is 24.6. The van der Waals surface area contributed by atoms with Gasteiger partial charge in [0.05, 0.1) is 24.3 Å². The molecule has 180 valence electrons. The highest BCUT2D eigenvalue weighted by molar-refractivity contribution is 5.68. The molecular formula is C24H25F6NO2.